The number of ether oxygens (including phenoxy) is 2. The molecule has 1 aromatic carbocycles. The van der Waals surface area contributed by atoms with E-state index in [-0.39, 0.29) is 5.54 Å². The fraction of sp³-hybridized carbons (Fsp3) is 0.600. The third-order valence-electron chi connectivity index (χ3n) is 3.18. The molecule has 0 aliphatic heterocycles. The first-order chi connectivity index (χ1) is 8.93. The Kier molecular flexibility index (Phi) is 6.14. The summed E-state index contributed by atoms with van der Waals surface area (Å²) in [4.78, 5) is 0. The van der Waals surface area contributed by atoms with Gasteiger partial charge in [0.1, 0.15) is 0 Å². The van der Waals surface area contributed by atoms with E-state index in [2.05, 4.69) is 42.0 Å². The topological polar surface area (TPSA) is 30.5 Å². The molecule has 0 spiro atoms. The lowest BCUT2D eigenvalue weighted by Gasteiger charge is -2.26. The predicted octanol–water partition coefficient (Wildman–Crippen LogP) is 4.13. The second-order valence-electron chi connectivity index (χ2n) is 5.29. The van der Waals surface area contributed by atoms with Crippen molar-refractivity contribution in [3.63, 3.8) is 0 Å². The monoisotopic (exact) mass is 329 g/mol. The number of hydrogen-bond acceptors (Lipinski definition) is 3. The highest BCUT2D eigenvalue weighted by atomic mass is 79.9. The summed E-state index contributed by atoms with van der Waals surface area (Å²) in [7, 11) is 3.30. The Hall–Kier alpha value is -0.740. The summed E-state index contributed by atoms with van der Waals surface area (Å²) in [5.41, 5.74) is 1.31. The van der Waals surface area contributed by atoms with Crippen LogP contribution < -0.4 is 14.8 Å². The third kappa shape index (κ3) is 4.69. The summed E-state index contributed by atoms with van der Waals surface area (Å²) in [6, 6.07) is 3.96. The molecule has 0 atom stereocenters. The predicted molar refractivity (Wildman–Crippen MR) is 83.1 cm³/mol. The van der Waals surface area contributed by atoms with Crippen LogP contribution in [0.5, 0.6) is 11.5 Å². The van der Waals surface area contributed by atoms with Crippen molar-refractivity contribution in [1.82, 2.24) is 5.32 Å². The number of hydrogen-bond donors (Lipinski definition) is 1. The number of rotatable bonds is 7. The normalized spacial score (nSPS) is 11.5. The van der Waals surface area contributed by atoms with E-state index in [9.17, 15) is 0 Å². The molecule has 0 bridgehead atoms. The van der Waals surface area contributed by atoms with Crippen LogP contribution in [0.1, 0.15) is 39.2 Å². The third-order valence-corrected chi connectivity index (χ3v) is 3.92. The van der Waals surface area contributed by atoms with Gasteiger partial charge in [-0.15, -0.1) is 0 Å². The van der Waals surface area contributed by atoms with Crippen molar-refractivity contribution in [3.8, 4) is 11.5 Å². The lowest BCUT2D eigenvalue weighted by atomic mass is 9.98. The Balaban J connectivity index is 2.84. The summed E-state index contributed by atoms with van der Waals surface area (Å²) >= 11 is 3.58. The minimum atomic E-state index is 0.140. The molecule has 108 valence electrons. The average Bonchev–Trinajstić information content (AvgIpc) is 2.36. The van der Waals surface area contributed by atoms with E-state index in [1.54, 1.807) is 14.2 Å². The molecule has 0 heterocycles. The standard InChI is InChI=1S/C15H24BrNO2/c1-6-7-15(2,3)17-10-11-8-13(18-4)14(19-5)9-12(11)16/h8-9,17H,6-7,10H2,1-5H3. The van der Waals surface area contributed by atoms with Gasteiger partial charge in [0.05, 0.1) is 14.2 Å². The van der Waals surface area contributed by atoms with Crippen LogP contribution >= 0.6 is 15.9 Å². The molecule has 0 aliphatic carbocycles. The summed E-state index contributed by atoms with van der Waals surface area (Å²) in [5, 5.41) is 3.58. The summed E-state index contributed by atoms with van der Waals surface area (Å²) in [6.45, 7) is 7.46. The first-order valence-corrected chi connectivity index (χ1v) is 7.38. The van der Waals surface area contributed by atoms with Crippen molar-refractivity contribution in [3.05, 3.63) is 22.2 Å². The highest BCUT2D eigenvalue weighted by molar-refractivity contribution is 9.10. The highest BCUT2D eigenvalue weighted by Gasteiger charge is 2.17. The van der Waals surface area contributed by atoms with E-state index < -0.39 is 0 Å². The molecule has 1 N–H and O–H groups in total. The quantitative estimate of drug-likeness (QED) is 0.815. The van der Waals surface area contributed by atoms with Crippen LogP contribution in [0, 0.1) is 0 Å². The maximum atomic E-state index is 5.34. The summed E-state index contributed by atoms with van der Waals surface area (Å²) in [5.74, 6) is 1.50. The molecule has 0 unspecified atom stereocenters. The Labute approximate surface area is 124 Å². The van der Waals surface area contributed by atoms with Crippen molar-refractivity contribution in [1.29, 1.82) is 0 Å². The van der Waals surface area contributed by atoms with Gasteiger partial charge >= 0.3 is 0 Å². The molecular weight excluding hydrogens is 306 g/mol. The Morgan fingerprint density at radius 1 is 1.16 bits per heavy atom. The van der Waals surface area contributed by atoms with Crippen molar-refractivity contribution < 1.29 is 9.47 Å². The summed E-state index contributed by atoms with van der Waals surface area (Å²) in [6.07, 6.45) is 2.32. The van der Waals surface area contributed by atoms with Crippen LogP contribution in [0.15, 0.2) is 16.6 Å². The van der Waals surface area contributed by atoms with Crippen LogP contribution in [-0.4, -0.2) is 19.8 Å². The highest BCUT2D eigenvalue weighted by Crippen LogP contribution is 2.33. The van der Waals surface area contributed by atoms with Gasteiger partial charge in [0.2, 0.25) is 0 Å². The smallest absolute Gasteiger partial charge is 0.161 e. The molecule has 1 rings (SSSR count). The van der Waals surface area contributed by atoms with E-state index in [1.165, 1.54) is 12.0 Å². The minimum absolute atomic E-state index is 0.140. The van der Waals surface area contributed by atoms with E-state index in [0.29, 0.717) is 0 Å². The molecule has 0 amide bonds. The molecule has 0 saturated carbocycles. The van der Waals surface area contributed by atoms with E-state index >= 15 is 0 Å². The van der Waals surface area contributed by atoms with E-state index in [4.69, 9.17) is 9.47 Å². The maximum absolute atomic E-state index is 5.34. The SMILES string of the molecule is CCCC(C)(C)NCc1cc(OC)c(OC)cc1Br. The lowest BCUT2D eigenvalue weighted by molar-refractivity contribution is 0.348. The van der Waals surface area contributed by atoms with Crippen molar-refractivity contribution in [2.75, 3.05) is 14.2 Å². The van der Waals surface area contributed by atoms with Gasteiger partial charge in [-0.25, -0.2) is 0 Å². The number of methoxy groups -OCH3 is 2. The fourth-order valence-electron chi connectivity index (χ4n) is 2.08. The zero-order valence-corrected chi connectivity index (χ0v) is 14.1. The molecule has 4 heteroatoms. The van der Waals surface area contributed by atoms with Crippen LogP contribution in [0.2, 0.25) is 0 Å². The van der Waals surface area contributed by atoms with Gasteiger partial charge in [0.15, 0.2) is 11.5 Å². The Morgan fingerprint density at radius 3 is 2.26 bits per heavy atom. The first-order valence-electron chi connectivity index (χ1n) is 6.59. The molecule has 0 radical (unpaired) electrons. The molecule has 19 heavy (non-hydrogen) atoms. The first kappa shape index (κ1) is 16.3. The van der Waals surface area contributed by atoms with E-state index in [1.807, 2.05) is 12.1 Å². The van der Waals surface area contributed by atoms with Crippen molar-refractivity contribution >= 4 is 15.9 Å². The molecule has 0 fully saturated rings. The lowest BCUT2D eigenvalue weighted by Crippen LogP contribution is -2.38. The summed E-state index contributed by atoms with van der Waals surface area (Å²) < 4.78 is 11.7. The largest absolute Gasteiger partial charge is 0.493 e. The van der Waals surface area contributed by atoms with Crippen molar-refractivity contribution in [2.24, 2.45) is 0 Å². The van der Waals surface area contributed by atoms with Crippen LogP contribution in [0.4, 0.5) is 0 Å². The van der Waals surface area contributed by atoms with Gasteiger partial charge in [-0.2, -0.15) is 0 Å². The van der Waals surface area contributed by atoms with Crippen molar-refractivity contribution in [2.45, 2.75) is 45.7 Å². The molecule has 3 nitrogen and oxygen atoms in total. The molecule has 0 saturated heterocycles. The minimum Gasteiger partial charge on any atom is -0.493 e. The van der Waals surface area contributed by atoms with Crippen LogP contribution in [-0.2, 0) is 6.54 Å². The fourth-order valence-corrected chi connectivity index (χ4v) is 2.54. The number of halogens is 1. The maximum Gasteiger partial charge on any atom is 0.161 e. The molecule has 0 aliphatic rings. The Morgan fingerprint density at radius 2 is 1.74 bits per heavy atom. The van der Waals surface area contributed by atoms with Gasteiger partial charge < -0.3 is 14.8 Å². The Bertz CT molecular complexity index is 419. The zero-order valence-electron chi connectivity index (χ0n) is 12.5. The van der Waals surface area contributed by atoms with Gasteiger partial charge in [0, 0.05) is 16.6 Å². The van der Waals surface area contributed by atoms with E-state index in [0.717, 1.165) is 28.9 Å². The molecular formula is C15H24BrNO2. The zero-order chi connectivity index (χ0) is 14.5. The van der Waals surface area contributed by atoms with Gasteiger partial charge in [-0.3, -0.25) is 0 Å². The van der Waals surface area contributed by atoms with Gasteiger partial charge in [-0.1, -0.05) is 29.3 Å². The second-order valence-corrected chi connectivity index (χ2v) is 6.14. The van der Waals surface area contributed by atoms with Crippen LogP contribution in [0.3, 0.4) is 0 Å². The average molecular weight is 330 g/mol. The number of nitrogens with one attached hydrogen (secondary N) is 1. The second kappa shape index (κ2) is 7.15. The van der Waals surface area contributed by atoms with Gasteiger partial charge in [-0.05, 0) is 38.0 Å². The van der Waals surface area contributed by atoms with Gasteiger partial charge in [0.25, 0.3) is 0 Å². The van der Waals surface area contributed by atoms with Crippen LogP contribution in [0.25, 0.3) is 0 Å². The molecule has 1 aromatic rings. The number of benzene rings is 1. The molecule has 0 aromatic heterocycles.